The first-order valence-electron chi connectivity index (χ1n) is 6.08. The Balaban J connectivity index is 0.000000204. The third-order valence-corrected chi connectivity index (χ3v) is 2.93. The number of phenols is 1. The van der Waals surface area contributed by atoms with Crippen LogP contribution in [0.25, 0.3) is 0 Å². The molecule has 0 aliphatic carbocycles. The zero-order chi connectivity index (χ0) is 15.3. The lowest BCUT2D eigenvalue weighted by atomic mass is 10.1. The quantitative estimate of drug-likeness (QED) is 0.473. The van der Waals surface area contributed by atoms with Crippen LogP contribution >= 0.6 is 0 Å². The summed E-state index contributed by atoms with van der Waals surface area (Å²) in [5, 5.41) is 19.2. The van der Waals surface area contributed by atoms with Crippen molar-refractivity contribution in [1.82, 2.24) is 0 Å². The molecule has 2 rings (SSSR count). The van der Waals surface area contributed by atoms with Gasteiger partial charge in [0.15, 0.2) is 0 Å². The van der Waals surface area contributed by atoms with Crippen LogP contribution in [0.1, 0.15) is 16.7 Å². The monoisotopic (exact) mass is 274 g/mol. The van der Waals surface area contributed by atoms with Crippen LogP contribution in [-0.4, -0.2) is 10.0 Å². The van der Waals surface area contributed by atoms with Crippen molar-refractivity contribution in [3.63, 3.8) is 0 Å². The molecule has 0 aromatic heterocycles. The highest BCUT2D eigenvalue weighted by Gasteiger charge is 2.05. The third-order valence-electron chi connectivity index (χ3n) is 2.93. The highest BCUT2D eigenvalue weighted by atomic mass is 16.6. The summed E-state index contributed by atoms with van der Waals surface area (Å²) in [6.45, 7) is 5.65. The summed E-state index contributed by atoms with van der Waals surface area (Å²) in [6.07, 6.45) is 0. The molecule has 2 aromatic carbocycles. The Labute approximate surface area is 117 Å². The second-order valence-corrected chi connectivity index (χ2v) is 4.53. The fourth-order valence-corrected chi connectivity index (χ4v) is 1.58. The summed E-state index contributed by atoms with van der Waals surface area (Å²) in [5.74, 6) is 0.0793. The molecule has 0 heterocycles. The van der Waals surface area contributed by atoms with Crippen molar-refractivity contribution >= 4 is 11.4 Å². The molecule has 3 N–H and O–H groups in total. The van der Waals surface area contributed by atoms with Gasteiger partial charge in [-0.3, -0.25) is 10.1 Å². The summed E-state index contributed by atoms with van der Waals surface area (Å²) in [5.41, 5.74) is 9.43. The SMILES string of the molecule is Cc1cc([N+](=O)[O-])ccc1O.Cc1cccc(C)c1N. The van der Waals surface area contributed by atoms with E-state index in [2.05, 4.69) is 0 Å². The van der Waals surface area contributed by atoms with Crippen molar-refractivity contribution in [2.75, 3.05) is 5.73 Å². The number of para-hydroxylation sites is 1. The number of nitrogen functional groups attached to an aromatic ring is 1. The Morgan fingerprint density at radius 3 is 2.00 bits per heavy atom. The van der Waals surface area contributed by atoms with E-state index in [4.69, 9.17) is 10.8 Å². The molecule has 0 aliphatic heterocycles. The molecule has 0 saturated heterocycles. The van der Waals surface area contributed by atoms with Crippen LogP contribution in [0.3, 0.4) is 0 Å². The molecule has 20 heavy (non-hydrogen) atoms. The first kappa shape index (κ1) is 15.5. The van der Waals surface area contributed by atoms with Gasteiger partial charge in [0.2, 0.25) is 0 Å². The molecule has 106 valence electrons. The van der Waals surface area contributed by atoms with Crippen molar-refractivity contribution in [3.05, 3.63) is 63.2 Å². The molecular formula is C15H18N2O3. The minimum atomic E-state index is -0.494. The standard InChI is InChI=1S/C8H11N.C7H7NO3/c1-6-4-3-5-7(2)8(6)9;1-5-4-6(8(10)11)2-3-7(5)9/h3-5H,9H2,1-2H3;2-4,9H,1H3. The van der Waals surface area contributed by atoms with Crippen LogP contribution in [0.15, 0.2) is 36.4 Å². The Bertz CT molecular complexity index is 604. The Kier molecular flexibility index (Phi) is 5.08. The number of nitrogens with two attached hydrogens (primary N) is 1. The lowest BCUT2D eigenvalue weighted by molar-refractivity contribution is -0.384. The van der Waals surface area contributed by atoms with Crippen LogP contribution in [0.4, 0.5) is 11.4 Å². The number of aryl methyl sites for hydroxylation is 3. The van der Waals surface area contributed by atoms with Crippen molar-refractivity contribution in [1.29, 1.82) is 0 Å². The van der Waals surface area contributed by atoms with Gasteiger partial charge in [-0.25, -0.2) is 0 Å². The fourth-order valence-electron chi connectivity index (χ4n) is 1.58. The van der Waals surface area contributed by atoms with Crippen LogP contribution in [0.2, 0.25) is 0 Å². The largest absolute Gasteiger partial charge is 0.508 e. The van der Waals surface area contributed by atoms with Crippen LogP contribution < -0.4 is 5.73 Å². The summed E-state index contributed by atoms with van der Waals surface area (Å²) >= 11 is 0. The van der Waals surface area contributed by atoms with Gasteiger partial charge in [-0.05, 0) is 43.5 Å². The van der Waals surface area contributed by atoms with Crippen molar-refractivity contribution < 1.29 is 10.0 Å². The predicted molar refractivity (Wildman–Crippen MR) is 79.8 cm³/mol. The molecular weight excluding hydrogens is 256 g/mol. The Hall–Kier alpha value is -2.56. The lowest BCUT2D eigenvalue weighted by Crippen LogP contribution is -1.91. The third kappa shape index (κ3) is 3.98. The number of anilines is 1. The van der Waals surface area contributed by atoms with Gasteiger partial charge >= 0.3 is 0 Å². The molecule has 5 nitrogen and oxygen atoms in total. The predicted octanol–water partition coefficient (Wildman–Crippen LogP) is 3.49. The molecule has 0 fully saturated rings. The molecule has 0 saturated carbocycles. The number of hydrogen-bond donors (Lipinski definition) is 2. The van der Waals surface area contributed by atoms with Gasteiger partial charge < -0.3 is 10.8 Å². The minimum Gasteiger partial charge on any atom is -0.508 e. The average molecular weight is 274 g/mol. The summed E-state index contributed by atoms with van der Waals surface area (Å²) in [4.78, 5) is 9.69. The average Bonchev–Trinajstić information content (AvgIpc) is 2.39. The van der Waals surface area contributed by atoms with Crippen molar-refractivity contribution in [3.8, 4) is 5.75 Å². The number of phenolic OH excluding ortho intramolecular Hbond substituents is 1. The Morgan fingerprint density at radius 1 is 1.05 bits per heavy atom. The van der Waals surface area contributed by atoms with E-state index in [9.17, 15) is 10.1 Å². The highest BCUT2D eigenvalue weighted by Crippen LogP contribution is 2.21. The van der Waals surface area contributed by atoms with Gasteiger partial charge in [-0.2, -0.15) is 0 Å². The minimum absolute atomic E-state index is 0.000278. The number of hydrogen-bond acceptors (Lipinski definition) is 4. The zero-order valence-electron chi connectivity index (χ0n) is 11.8. The van der Waals surface area contributed by atoms with E-state index in [1.54, 1.807) is 6.92 Å². The molecule has 0 radical (unpaired) electrons. The van der Waals surface area contributed by atoms with E-state index in [1.165, 1.54) is 18.2 Å². The molecule has 0 bridgehead atoms. The molecule has 0 aliphatic rings. The van der Waals surface area contributed by atoms with E-state index in [0.29, 0.717) is 5.56 Å². The van der Waals surface area contributed by atoms with Crippen LogP contribution in [0, 0.1) is 30.9 Å². The number of aromatic hydroxyl groups is 1. The first-order chi connectivity index (χ1) is 9.32. The number of rotatable bonds is 1. The maximum absolute atomic E-state index is 10.2. The van der Waals surface area contributed by atoms with Crippen LogP contribution in [-0.2, 0) is 0 Å². The summed E-state index contributed by atoms with van der Waals surface area (Å²) < 4.78 is 0. The second-order valence-electron chi connectivity index (χ2n) is 4.53. The molecule has 0 spiro atoms. The van der Waals surface area contributed by atoms with Gasteiger partial charge in [0.25, 0.3) is 5.69 Å². The molecule has 0 atom stereocenters. The fraction of sp³-hybridized carbons (Fsp3) is 0.200. The maximum atomic E-state index is 10.2. The maximum Gasteiger partial charge on any atom is 0.269 e. The van der Waals surface area contributed by atoms with Gasteiger partial charge in [0, 0.05) is 17.8 Å². The summed E-state index contributed by atoms with van der Waals surface area (Å²) in [7, 11) is 0. The van der Waals surface area contributed by atoms with E-state index in [-0.39, 0.29) is 11.4 Å². The number of nitrogens with zero attached hydrogens (tertiary/aromatic N) is 1. The van der Waals surface area contributed by atoms with Crippen molar-refractivity contribution in [2.24, 2.45) is 0 Å². The number of benzene rings is 2. The first-order valence-corrected chi connectivity index (χ1v) is 6.08. The summed E-state index contributed by atoms with van der Waals surface area (Å²) in [6, 6.07) is 9.96. The number of non-ortho nitro benzene ring substituents is 1. The Morgan fingerprint density at radius 2 is 1.60 bits per heavy atom. The van der Waals surface area contributed by atoms with E-state index in [1.807, 2.05) is 32.0 Å². The molecule has 0 unspecified atom stereocenters. The van der Waals surface area contributed by atoms with Gasteiger partial charge in [-0.15, -0.1) is 0 Å². The van der Waals surface area contributed by atoms with Gasteiger partial charge in [-0.1, -0.05) is 18.2 Å². The van der Waals surface area contributed by atoms with E-state index < -0.39 is 4.92 Å². The van der Waals surface area contributed by atoms with E-state index >= 15 is 0 Å². The number of nitro groups is 1. The number of nitro benzene ring substituents is 1. The van der Waals surface area contributed by atoms with Crippen molar-refractivity contribution in [2.45, 2.75) is 20.8 Å². The van der Waals surface area contributed by atoms with Gasteiger partial charge in [0.1, 0.15) is 5.75 Å². The smallest absolute Gasteiger partial charge is 0.269 e. The lowest BCUT2D eigenvalue weighted by Gasteiger charge is -2.00. The topological polar surface area (TPSA) is 89.4 Å². The highest BCUT2D eigenvalue weighted by molar-refractivity contribution is 5.52. The van der Waals surface area contributed by atoms with Crippen LogP contribution in [0.5, 0.6) is 5.75 Å². The zero-order valence-corrected chi connectivity index (χ0v) is 11.8. The normalized spacial score (nSPS) is 9.55. The molecule has 2 aromatic rings. The molecule has 0 amide bonds. The molecule has 5 heteroatoms. The second kappa shape index (κ2) is 6.56. The van der Waals surface area contributed by atoms with Gasteiger partial charge in [0.05, 0.1) is 4.92 Å². The van der Waals surface area contributed by atoms with E-state index in [0.717, 1.165) is 16.8 Å².